The van der Waals surface area contributed by atoms with Gasteiger partial charge < -0.3 is 19.2 Å². The van der Waals surface area contributed by atoms with Gasteiger partial charge in [-0.05, 0) is 18.2 Å². The highest BCUT2D eigenvalue weighted by molar-refractivity contribution is 5.98. The molecule has 3 aromatic rings. The highest BCUT2D eigenvalue weighted by Gasteiger charge is 2.33. The Balaban J connectivity index is 1.71. The number of furan rings is 1. The molecule has 0 saturated heterocycles. The van der Waals surface area contributed by atoms with E-state index in [-0.39, 0.29) is 12.4 Å². The van der Waals surface area contributed by atoms with Gasteiger partial charge in [0.15, 0.2) is 6.61 Å². The number of amides is 1. The van der Waals surface area contributed by atoms with Crippen LogP contribution in [0.15, 0.2) is 52.9 Å². The molecular formula is C20H16F3NO5. The van der Waals surface area contributed by atoms with Crippen LogP contribution in [-0.2, 0) is 27.1 Å². The number of hydrogen-bond donors (Lipinski definition) is 1. The van der Waals surface area contributed by atoms with Crippen LogP contribution >= 0.6 is 0 Å². The molecule has 0 saturated carbocycles. The third-order valence-electron chi connectivity index (χ3n) is 4.01. The number of fused-ring (bicyclic) bond motifs is 1. The van der Waals surface area contributed by atoms with Crippen molar-refractivity contribution in [3.05, 3.63) is 65.4 Å². The minimum Gasteiger partial charge on any atom is -0.450 e. The number of benzene rings is 2. The molecule has 1 amide bonds. The van der Waals surface area contributed by atoms with Gasteiger partial charge in [-0.25, -0.2) is 4.79 Å². The van der Waals surface area contributed by atoms with Gasteiger partial charge in [0.1, 0.15) is 5.58 Å². The van der Waals surface area contributed by atoms with Crippen LogP contribution in [0.2, 0.25) is 0 Å². The number of nitrogens with one attached hydrogen (secondary N) is 1. The zero-order valence-corrected chi connectivity index (χ0v) is 15.2. The van der Waals surface area contributed by atoms with Gasteiger partial charge in [-0.2, -0.15) is 13.2 Å². The van der Waals surface area contributed by atoms with Crippen LogP contribution < -0.4 is 5.32 Å². The Hall–Kier alpha value is -3.33. The molecule has 2 aromatic carbocycles. The highest BCUT2D eigenvalue weighted by Crippen LogP contribution is 2.34. The van der Waals surface area contributed by atoms with Crippen molar-refractivity contribution in [2.24, 2.45) is 0 Å². The third kappa shape index (κ3) is 4.57. The molecule has 0 aliphatic carbocycles. The van der Waals surface area contributed by atoms with E-state index in [2.05, 4.69) is 5.32 Å². The maximum absolute atomic E-state index is 13.0. The Morgan fingerprint density at radius 1 is 1.07 bits per heavy atom. The minimum absolute atomic E-state index is 0.0760. The van der Waals surface area contributed by atoms with Crippen molar-refractivity contribution >= 4 is 28.5 Å². The van der Waals surface area contributed by atoms with Gasteiger partial charge in [0.25, 0.3) is 5.91 Å². The van der Waals surface area contributed by atoms with Crippen LogP contribution in [0.25, 0.3) is 11.0 Å². The molecule has 1 aromatic heterocycles. The number of alkyl halides is 3. The first kappa shape index (κ1) is 20.4. The second-order valence-corrected chi connectivity index (χ2v) is 6.01. The number of esters is 1. The fourth-order valence-corrected chi connectivity index (χ4v) is 2.77. The normalized spacial score (nSPS) is 11.4. The van der Waals surface area contributed by atoms with Crippen molar-refractivity contribution in [1.82, 2.24) is 0 Å². The van der Waals surface area contributed by atoms with Crippen LogP contribution in [-0.4, -0.2) is 25.6 Å². The maximum atomic E-state index is 13.0. The van der Waals surface area contributed by atoms with E-state index < -0.39 is 35.9 Å². The van der Waals surface area contributed by atoms with Gasteiger partial charge in [0, 0.05) is 18.1 Å². The van der Waals surface area contributed by atoms with Gasteiger partial charge in [-0.1, -0.05) is 30.3 Å². The second kappa shape index (κ2) is 8.36. The summed E-state index contributed by atoms with van der Waals surface area (Å²) >= 11 is 0. The summed E-state index contributed by atoms with van der Waals surface area (Å²) in [5, 5.41) is 2.76. The van der Waals surface area contributed by atoms with E-state index in [1.165, 1.54) is 19.2 Å². The third-order valence-corrected chi connectivity index (χ3v) is 4.01. The molecule has 0 fully saturated rings. The van der Waals surface area contributed by atoms with Gasteiger partial charge >= 0.3 is 12.1 Å². The minimum atomic E-state index is -4.64. The number of anilines is 1. The molecule has 0 spiro atoms. The average Bonchev–Trinajstić information content (AvgIpc) is 3.05. The molecular weight excluding hydrogens is 391 g/mol. The first-order valence-corrected chi connectivity index (χ1v) is 8.43. The topological polar surface area (TPSA) is 77.8 Å². The Labute approximate surface area is 163 Å². The lowest BCUT2D eigenvalue weighted by atomic mass is 10.1. The number of ether oxygens (including phenoxy) is 2. The van der Waals surface area contributed by atoms with E-state index in [1.807, 2.05) is 0 Å². The molecule has 1 N–H and O–H groups in total. The summed E-state index contributed by atoms with van der Waals surface area (Å²) in [7, 11) is 1.45. The fourth-order valence-electron chi connectivity index (χ4n) is 2.77. The number of carbonyl (C=O) groups is 2. The van der Waals surface area contributed by atoms with Crippen molar-refractivity contribution in [3.63, 3.8) is 0 Å². The molecule has 0 bridgehead atoms. The SMILES string of the molecule is COCc1c(C(=O)OCC(=O)Nc2ccccc2C(F)(F)F)oc2ccccc12. The maximum Gasteiger partial charge on any atom is 0.418 e. The van der Waals surface area contributed by atoms with Crippen molar-refractivity contribution in [2.75, 3.05) is 19.0 Å². The molecule has 0 aliphatic heterocycles. The standard InChI is InChI=1S/C20H16F3NO5/c1-27-10-13-12-6-2-5-9-16(12)29-18(13)19(26)28-11-17(25)24-15-8-4-3-7-14(15)20(21,22)23/h2-9H,10-11H2,1H3,(H,24,25). The van der Waals surface area contributed by atoms with Crippen LogP contribution in [0.1, 0.15) is 21.7 Å². The molecule has 0 unspecified atom stereocenters. The number of methoxy groups -OCH3 is 1. The molecule has 0 atom stereocenters. The van der Waals surface area contributed by atoms with Crippen molar-refractivity contribution < 1.29 is 36.7 Å². The van der Waals surface area contributed by atoms with Crippen LogP contribution in [0, 0.1) is 0 Å². The summed E-state index contributed by atoms with van der Waals surface area (Å²) in [6, 6.07) is 11.4. The quantitative estimate of drug-likeness (QED) is 0.613. The molecule has 0 radical (unpaired) electrons. The summed E-state index contributed by atoms with van der Waals surface area (Å²) in [6.45, 7) is -0.707. The second-order valence-electron chi connectivity index (χ2n) is 6.01. The largest absolute Gasteiger partial charge is 0.450 e. The van der Waals surface area contributed by atoms with Crippen molar-refractivity contribution in [2.45, 2.75) is 12.8 Å². The van der Waals surface area contributed by atoms with E-state index in [0.29, 0.717) is 16.5 Å². The first-order valence-electron chi connectivity index (χ1n) is 8.43. The van der Waals surface area contributed by atoms with Crippen molar-refractivity contribution in [1.29, 1.82) is 0 Å². The number of hydrogen-bond acceptors (Lipinski definition) is 5. The smallest absolute Gasteiger partial charge is 0.418 e. The van der Waals surface area contributed by atoms with E-state index >= 15 is 0 Å². The summed E-state index contributed by atoms with van der Waals surface area (Å²) in [5.41, 5.74) is -0.532. The predicted octanol–water partition coefficient (Wildman–Crippen LogP) is 4.39. The lowest BCUT2D eigenvalue weighted by molar-refractivity contribution is -0.137. The number of halogens is 3. The Morgan fingerprint density at radius 2 is 1.76 bits per heavy atom. The zero-order valence-electron chi connectivity index (χ0n) is 15.2. The van der Waals surface area contributed by atoms with Crippen molar-refractivity contribution in [3.8, 4) is 0 Å². The van der Waals surface area contributed by atoms with E-state index in [0.717, 1.165) is 12.1 Å². The van der Waals surface area contributed by atoms with Gasteiger partial charge in [0.2, 0.25) is 5.76 Å². The first-order chi connectivity index (χ1) is 13.8. The van der Waals surface area contributed by atoms with Crippen LogP contribution in [0.3, 0.4) is 0 Å². The molecule has 6 nitrogen and oxygen atoms in total. The zero-order chi connectivity index (χ0) is 21.0. The Morgan fingerprint density at radius 3 is 2.48 bits per heavy atom. The Kier molecular flexibility index (Phi) is 5.88. The van der Waals surface area contributed by atoms with Gasteiger partial charge in [-0.3, -0.25) is 4.79 Å². The van der Waals surface area contributed by atoms with Gasteiger partial charge in [-0.15, -0.1) is 0 Å². The van der Waals surface area contributed by atoms with Crippen LogP contribution in [0.4, 0.5) is 18.9 Å². The van der Waals surface area contributed by atoms with E-state index in [9.17, 15) is 22.8 Å². The molecule has 3 rings (SSSR count). The lowest BCUT2D eigenvalue weighted by Gasteiger charge is -2.13. The summed E-state index contributed by atoms with van der Waals surface area (Å²) in [5.74, 6) is -1.97. The molecule has 1 heterocycles. The summed E-state index contributed by atoms with van der Waals surface area (Å²) in [4.78, 5) is 24.4. The van der Waals surface area contributed by atoms with Crippen LogP contribution in [0.5, 0.6) is 0 Å². The fraction of sp³-hybridized carbons (Fsp3) is 0.200. The monoisotopic (exact) mass is 407 g/mol. The van der Waals surface area contributed by atoms with E-state index in [1.54, 1.807) is 24.3 Å². The molecule has 29 heavy (non-hydrogen) atoms. The average molecular weight is 407 g/mol. The molecule has 9 heteroatoms. The molecule has 0 aliphatic rings. The highest BCUT2D eigenvalue weighted by atomic mass is 19.4. The predicted molar refractivity (Wildman–Crippen MR) is 97.3 cm³/mol. The Bertz CT molecular complexity index is 1040. The number of para-hydroxylation sites is 2. The lowest BCUT2D eigenvalue weighted by Crippen LogP contribution is -2.23. The number of rotatable bonds is 6. The summed E-state index contributed by atoms with van der Waals surface area (Å²) < 4.78 is 54.5. The number of carbonyl (C=O) groups excluding carboxylic acids is 2. The molecule has 152 valence electrons. The van der Waals surface area contributed by atoms with Gasteiger partial charge in [0.05, 0.1) is 17.9 Å². The van der Waals surface area contributed by atoms with E-state index in [4.69, 9.17) is 13.9 Å². The summed E-state index contributed by atoms with van der Waals surface area (Å²) in [6.07, 6.45) is -4.64.